The Labute approximate surface area is 276 Å². The fraction of sp³-hybridized carbons (Fsp3) is 0.667. The van der Waals surface area contributed by atoms with Crippen molar-refractivity contribution in [2.75, 3.05) is 0 Å². The predicted octanol–water partition coefficient (Wildman–Crippen LogP) is 4.94. The van der Waals surface area contributed by atoms with Crippen LogP contribution < -0.4 is 9.47 Å². The van der Waals surface area contributed by atoms with Gasteiger partial charge in [0, 0.05) is 26.9 Å². The van der Waals surface area contributed by atoms with Crippen molar-refractivity contribution in [1.29, 1.82) is 0 Å². The van der Waals surface area contributed by atoms with E-state index in [4.69, 9.17) is 9.68 Å². The largest absolute Gasteiger partial charge is 0.435 e. The first-order valence-corrected chi connectivity index (χ1v) is 16.9. The molecule has 0 aliphatic carbocycles. The fourth-order valence-corrected chi connectivity index (χ4v) is 7.42. The molecule has 0 saturated heterocycles. The second-order valence-corrected chi connectivity index (χ2v) is 15.8. The molecule has 4 heterocycles. The number of hydrogen-bond donors (Lipinski definition) is 0. The molecule has 0 atom stereocenters. The number of sulfone groups is 2. The quantitative estimate of drug-likeness (QED) is 0.335. The molecule has 2 aliphatic heterocycles. The summed E-state index contributed by atoms with van der Waals surface area (Å²) in [5, 5.41) is 11.9. The van der Waals surface area contributed by atoms with E-state index in [2.05, 4.69) is 30.0 Å². The standard InChI is InChI=1S/2C12H14F5N3O4S/c2*1-11(2)4-7(19-24-11)25(21,22)5-6-8(12(15,16)17)18-20(3)9(6)23-10(13)14/h2*10H,4-5H2,1-3H3. The van der Waals surface area contributed by atoms with Crippen LogP contribution in [0.3, 0.4) is 0 Å². The lowest BCUT2D eigenvalue weighted by molar-refractivity contribution is -0.142. The van der Waals surface area contributed by atoms with E-state index in [1.54, 1.807) is 0 Å². The summed E-state index contributed by atoms with van der Waals surface area (Å²) >= 11 is 0. The Morgan fingerprint density at radius 2 is 0.980 bits per heavy atom. The summed E-state index contributed by atoms with van der Waals surface area (Å²) in [5.41, 5.74) is -7.13. The number of aromatic nitrogens is 4. The lowest BCUT2D eigenvalue weighted by Gasteiger charge is -2.13. The third kappa shape index (κ3) is 9.69. The van der Waals surface area contributed by atoms with Crippen LogP contribution in [-0.4, -0.2) is 70.9 Å². The normalized spacial score (nSPS) is 17.6. The number of hydrogen-bond acceptors (Lipinski definition) is 12. The van der Waals surface area contributed by atoms with Crippen molar-refractivity contribution < 1.29 is 79.9 Å². The maximum absolute atomic E-state index is 13.1. The zero-order chi connectivity index (χ0) is 38.4. The molecule has 0 unspecified atom stereocenters. The Morgan fingerprint density at radius 3 is 1.20 bits per heavy atom. The van der Waals surface area contributed by atoms with Gasteiger partial charge in [-0.25, -0.2) is 26.2 Å². The predicted molar refractivity (Wildman–Crippen MR) is 149 cm³/mol. The second-order valence-electron chi connectivity index (χ2n) is 11.8. The van der Waals surface area contributed by atoms with Crippen LogP contribution >= 0.6 is 0 Å². The van der Waals surface area contributed by atoms with Gasteiger partial charge in [-0.3, -0.25) is 0 Å². The van der Waals surface area contributed by atoms with Crippen molar-refractivity contribution >= 4 is 29.8 Å². The van der Waals surface area contributed by atoms with Crippen LogP contribution in [0.5, 0.6) is 11.8 Å². The van der Waals surface area contributed by atoms with Gasteiger partial charge in [0.1, 0.15) is 11.2 Å². The minimum Gasteiger partial charge on any atom is -0.417 e. The summed E-state index contributed by atoms with van der Waals surface area (Å²) in [6.45, 7) is -0.760. The highest BCUT2D eigenvalue weighted by Gasteiger charge is 2.45. The van der Waals surface area contributed by atoms with Crippen molar-refractivity contribution in [2.24, 2.45) is 24.4 Å². The number of oxime groups is 2. The number of halogens is 10. The first kappa shape index (κ1) is 40.6. The molecular weight excluding hydrogens is 754 g/mol. The highest BCUT2D eigenvalue weighted by atomic mass is 32.2. The average molecular weight is 783 g/mol. The van der Waals surface area contributed by atoms with Gasteiger partial charge < -0.3 is 19.1 Å². The van der Waals surface area contributed by atoms with E-state index < -0.39 is 112 Å². The number of rotatable bonds is 8. The van der Waals surface area contributed by atoms with Gasteiger partial charge in [0.05, 0.1) is 22.6 Å². The van der Waals surface area contributed by atoms with E-state index >= 15 is 0 Å². The molecule has 2 aliphatic rings. The second kappa shape index (κ2) is 13.7. The molecule has 2 aromatic rings. The van der Waals surface area contributed by atoms with Gasteiger partial charge in [-0.15, -0.1) is 0 Å². The highest BCUT2D eigenvalue weighted by Crippen LogP contribution is 2.39. The van der Waals surface area contributed by atoms with Crippen molar-refractivity contribution in [2.45, 2.75) is 88.8 Å². The summed E-state index contributed by atoms with van der Waals surface area (Å²) in [4.78, 5) is 9.78. The average Bonchev–Trinajstić information content (AvgIpc) is 3.65. The van der Waals surface area contributed by atoms with E-state index in [1.165, 1.54) is 27.7 Å². The third-order valence-electron chi connectivity index (χ3n) is 6.44. The van der Waals surface area contributed by atoms with E-state index in [0.29, 0.717) is 9.36 Å². The van der Waals surface area contributed by atoms with Gasteiger partial charge in [0.2, 0.25) is 11.8 Å². The van der Waals surface area contributed by atoms with Crippen LogP contribution in [0.4, 0.5) is 43.9 Å². The topological polar surface area (TPSA) is 166 Å². The number of aryl methyl sites for hydroxylation is 2. The summed E-state index contributed by atoms with van der Waals surface area (Å²) in [6.07, 6.45) is -10.4. The zero-order valence-electron chi connectivity index (χ0n) is 26.5. The molecule has 0 spiro atoms. The Morgan fingerprint density at radius 1 is 0.680 bits per heavy atom. The smallest absolute Gasteiger partial charge is 0.417 e. The van der Waals surface area contributed by atoms with Crippen molar-refractivity contribution in [3.63, 3.8) is 0 Å². The lowest BCUT2D eigenvalue weighted by atomic mass is 10.1. The van der Waals surface area contributed by atoms with Gasteiger partial charge in [0.15, 0.2) is 41.1 Å². The molecule has 284 valence electrons. The highest BCUT2D eigenvalue weighted by molar-refractivity contribution is 8.06. The molecule has 0 saturated carbocycles. The minimum atomic E-state index is -5.06. The molecule has 0 aromatic carbocycles. The van der Waals surface area contributed by atoms with Crippen LogP contribution in [0.15, 0.2) is 10.3 Å². The Balaban J connectivity index is 0.000000270. The summed E-state index contributed by atoms with van der Waals surface area (Å²) in [6, 6.07) is 0. The minimum absolute atomic E-state index is 0.165. The molecule has 2 aromatic heterocycles. The number of nitrogens with zero attached hydrogens (tertiary/aromatic N) is 6. The van der Waals surface area contributed by atoms with E-state index in [1.807, 2.05) is 0 Å². The molecule has 4 rings (SSSR count). The summed E-state index contributed by atoms with van der Waals surface area (Å²) in [7, 11) is -6.86. The molecule has 0 fully saturated rings. The molecule has 0 radical (unpaired) electrons. The van der Waals surface area contributed by atoms with Gasteiger partial charge in [-0.2, -0.15) is 54.1 Å². The molecule has 26 heteroatoms. The first-order valence-electron chi connectivity index (χ1n) is 13.6. The molecule has 14 nitrogen and oxygen atoms in total. The maximum atomic E-state index is 13.1. The van der Waals surface area contributed by atoms with Crippen molar-refractivity contribution in [1.82, 2.24) is 19.6 Å². The Hall–Kier alpha value is -3.84. The van der Waals surface area contributed by atoms with Crippen molar-refractivity contribution in [3.8, 4) is 11.8 Å². The lowest BCUT2D eigenvalue weighted by Crippen LogP contribution is -2.24. The zero-order valence-corrected chi connectivity index (χ0v) is 28.2. The van der Waals surface area contributed by atoms with Crippen molar-refractivity contribution in [3.05, 3.63) is 22.5 Å². The van der Waals surface area contributed by atoms with E-state index in [9.17, 15) is 60.7 Å². The molecule has 50 heavy (non-hydrogen) atoms. The monoisotopic (exact) mass is 782 g/mol. The summed E-state index contributed by atoms with van der Waals surface area (Å²) < 4.78 is 187. The van der Waals surface area contributed by atoms with Crippen LogP contribution in [0.25, 0.3) is 0 Å². The fourth-order valence-electron chi connectivity index (χ4n) is 4.37. The van der Waals surface area contributed by atoms with Gasteiger partial charge in [-0.05, 0) is 27.7 Å². The van der Waals surface area contributed by atoms with Crippen LogP contribution in [0.2, 0.25) is 0 Å². The first-order chi connectivity index (χ1) is 22.5. The Bertz CT molecular complexity index is 1730. The molecule has 0 amide bonds. The third-order valence-corrected chi connectivity index (χ3v) is 9.66. The van der Waals surface area contributed by atoms with Crippen LogP contribution in [-0.2, 0) is 67.3 Å². The van der Waals surface area contributed by atoms with Gasteiger partial charge in [0.25, 0.3) is 0 Å². The van der Waals surface area contributed by atoms with E-state index in [-0.39, 0.29) is 12.8 Å². The van der Waals surface area contributed by atoms with Gasteiger partial charge >= 0.3 is 25.6 Å². The SMILES string of the molecule is Cn1nc(C(F)(F)F)c(CS(=O)(=O)C2=NOC(C)(C)C2)c1OC(F)F.Cn1nc(C(F)(F)F)c(CS(=O)(=O)C2=NOC(C)(C)C2)c1OC(F)F. The van der Waals surface area contributed by atoms with Crippen LogP contribution in [0.1, 0.15) is 63.1 Å². The molecular formula is C24H28F10N6O8S2. The number of alkyl halides is 10. The van der Waals surface area contributed by atoms with Gasteiger partial charge in [-0.1, -0.05) is 10.3 Å². The maximum Gasteiger partial charge on any atom is 0.435 e. The number of ether oxygens (including phenoxy) is 2. The summed E-state index contributed by atoms with van der Waals surface area (Å²) in [5.74, 6) is -4.47. The molecule has 0 bridgehead atoms. The van der Waals surface area contributed by atoms with E-state index in [0.717, 1.165) is 14.1 Å². The van der Waals surface area contributed by atoms with Crippen LogP contribution in [0, 0.1) is 0 Å². The Kier molecular flexibility index (Phi) is 11.1. The molecule has 0 N–H and O–H groups in total.